The Kier molecular flexibility index (Phi) is 8.99. The number of carboxylic acids is 1. The first-order valence-electron chi connectivity index (χ1n) is 13.5. The zero-order valence-electron chi connectivity index (χ0n) is 23.2. The molecule has 1 N–H and O–H groups in total. The number of aromatic carboxylic acids is 1. The van der Waals surface area contributed by atoms with Crippen LogP contribution in [0.2, 0.25) is 0 Å². The quantitative estimate of drug-likeness (QED) is 0.258. The number of carbonyl (C=O) groups is 2. The van der Waals surface area contributed by atoms with E-state index in [0.717, 1.165) is 11.1 Å². The van der Waals surface area contributed by atoms with Crippen molar-refractivity contribution in [3.05, 3.63) is 119 Å². The highest BCUT2D eigenvalue weighted by atomic mass is 19.1. The van der Waals surface area contributed by atoms with Gasteiger partial charge in [-0.15, -0.1) is 0 Å². The van der Waals surface area contributed by atoms with Crippen molar-refractivity contribution in [3.63, 3.8) is 0 Å². The number of carboxylic acid groups (broad SMARTS) is 1. The summed E-state index contributed by atoms with van der Waals surface area (Å²) < 4.78 is 30.2. The summed E-state index contributed by atoms with van der Waals surface area (Å²) in [6.07, 6.45) is 0. The number of methoxy groups -OCH3 is 1. The topological polar surface area (TPSA) is 88.5 Å². The molecule has 9 heteroatoms. The molecule has 8 nitrogen and oxygen atoms in total. The first kappa shape index (κ1) is 28.6. The third kappa shape index (κ3) is 6.70. The van der Waals surface area contributed by atoms with Crippen molar-refractivity contribution in [2.24, 2.45) is 0 Å². The summed E-state index contributed by atoms with van der Waals surface area (Å²) >= 11 is 0. The van der Waals surface area contributed by atoms with Crippen LogP contribution >= 0.6 is 0 Å². The van der Waals surface area contributed by atoms with Gasteiger partial charge in [-0.2, -0.15) is 0 Å². The van der Waals surface area contributed by atoms with Crippen molar-refractivity contribution >= 4 is 23.3 Å². The molecule has 4 aromatic rings. The van der Waals surface area contributed by atoms with E-state index in [2.05, 4.69) is 0 Å². The predicted molar refractivity (Wildman–Crippen MR) is 157 cm³/mol. The molecular weight excluding hydrogens is 539 g/mol. The minimum Gasteiger partial charge on any atom is -0.493 e. The number of benzene rings is 4. The van der Waals surface area contributed by atoms with E-state index in [1.807, 2.05) is 17.0 Å². The van der Waals surface area contributed by atoms with Crippen molar-refractivity contribution < 1.29 is 33.3 Å². The number of hydrogen-bond acceptors (Lipinski definition) is 6. The number of rotatable bonds is 10. The minimum atomic E-state index is -1.07. The number of amides is 1. The first-order valence-corrected chi connectivity index (χ1v) is 13.5. The number of nitrogens with zero attached hydrogens (tertiary/aromatic N) is 2. The van der Waals surface area contributed by atoms with Gasteiger partial charge in [0.2, 0.25) is 0 Å². The highest BCUT2D eigenvalue weighted by Gasteiger charge is 2.24. The molecule has 1 heterocycles. The van der Waals surface area contributed by atoms with E-state index in [4.69, 9.17) is 14.2 Å². The second-order valence-corrected chi connectivity index (χ2v) is 9.76. The third-order valence-electron chi connectivity index (χ3n) is 7.02. The summed E-state index contributed by atoms with van der Waals surface area (Å²) in [5.41, 5.74) is 3.18. The van der Waals surface area contributed by atoms with Crippen LogP contribution in [0.15, 0.2) is 91.0 Å². The van der Waals surface area contributed by atoms with Crippen LogP contribution in [0.3, 0.4) is 0 Å². The zero-order valence-corrected chi connectivity index (χ0v) is 23.2. The van der Waals surface area contributed by atoms with E-state index in [-0.39, 0.29) is 30.4 Å². The molecule has 4 aromatic carbocycles. The molecule has 1 amide bonds. The second-order valence-electron chi connectivity index (χ2n) is 9.76. The molecule has 5 rings (SSSR count). The second kappa shape index (κ2) is 13.2. The molecule has 0 unspecified atom stereocenters. The van der Waals surface area contributed by atoms with E-state index < -0.39 is 5.97 Å². The van der Waals surface area contributed by atoms with Gasteiger partial charge in [0, 0.05) is 24.3 Å². The Balaban J connectivity index is 1.45. The van der Waals surface area contributed by atoms with Gasteiger partial charge in [-0.3, -0.25) is 4.79 Å². The third-order valence-corrected chi connectivity index (χ3v) is 7.02. The first-order chi connectivity index (χ1) is 20.4. The molecule has 1 fully saturated rings. The van der Waals surface area contributed by atoms with Gasteiger partial charge in [-0.05, 0) is 65.7 Å². The van der Waals surface area contributed by atoms with Gasteiger partial charge < -0.3 is 29.1 Å². The minimum absolute atomic E-state index is 0.113. The highest BCUT2D eigenvalue weighted by molar-refractivity contribution is 6.07. The van der Waals surface area contributed by atoms with Gasteiger partial charge >= 0.3 is 5.97 Å². The Bertz CT molecular complexity index is 1540. The fourth-order valence-corrected chi connectivity index (χ4v) is 4.81. The number of ether oxygens (including phenoxy) is 3. The molecule has 0 atom stereocenters. The van der Waals surface area contributed by atoms with Crippen LogP contribution in [0.25, 0.3) is 0 Å². The van der Waals surface area contributed by atoms with Crippen LogP contribution in [0.4, 0.5) is 15.8 Å². The molecule has 0 saturated carbocycles. The summed E-state index contributed by atoms with van der Waals surface area (Å²) in [7, 11) is 1.53. The van der Waals surface area contributed by atoms with Gasteiger partial charge in [0.15, 0.2) is 11.5 Å². The number of halogens is 1. The van der Waals surface area contributed by atoms with Gasteiger partial charge in [0.25, 0.3) is 5.91 Å². The normalized spacial score (nSPS) is 13.0. The summed E-state index contributed by atoms with van der Waals surface area (Å²) in [5.74, 6) is -0.705. The lowest BCUT2D eigenvalue weighted by Crippen LogP contribution is -2.37. The fourth-order valence-electron chi connectivity index (χ4n) is 4.81. The molecule has 0 bridgehead atoms. The largest absolute Gasteiger partial charge is 0.493 e. The predicted octanol–water partition coefficient (Wildman–Crippen LogP) is 5.80. The lowest BCUT2D eigenvalue weighted by atomic mass is 10.1. The number of hydrogen-bond donors (Lipinski definition) is 1. The van der Waals surface area contributed by atoms with Crippen LogP contribution in [-0.4, -0.2) is 50.4 Å². The maximum atomic E-state index is 13.8. The van der Waals surface area contributed by atoms with Gasteiger partial charge in [0.1, 0.15) is 12.4 Å². The maximum absolute atomic E-state index is 13.8. The van der Waals surface area contributed by atoms with Crippen molar-refractivity contribution in [1.29, 1.82) is 0 Å². The highest BCUT2D eigenvalue weighted by Crippen LogP contribution is 2.32. The van der Waals surface area contributed by atoms with E-state index in [9.17, 15) is 19.1 Å². The maximum Gasteiger partial charge on any atom is 0.337 e. The Morgan fingerprint density at radius 3 is 2.31 bits per heavy atom. The summed E-state index contributed by atoms with van der Waals surface area (Å²) in [5, 5.41) is 10.1. The number of anilines is 2. The van der Waals surface area contributed by atoms with Gasteiger partial charge in [-0.1, -0.05) is 36.4 Å². The van der Waals surface area contributed by atoms with Crippen LogP contribution < -0.4 is 19.3 Å². The van der Waals surface area contributed by atoms with Crippen molar-refractivity contribution in [3.8, 4) is 11.5 Å². The number of morpholine rings is 1. The summed E-state index contributed by atoms with van der Waals surface area (Å²) in [6, 6.07) is 25.3. The SMILES string of the molecule is COc1cc(CN(C(=O)c2ccccc2)c2ccc(N3CCOCC3)c(C(=O)O)c2)ccc1OCc1ccc(F)cc1. The van der Waals surface area contributed by atoms with E-state index in [0.29, 0.717) is 54.7 Å². The molecule has 1 saturated heterocycles. The van der Waals surface area contributed by atoms with Gasteiger partial charge in [-0.25, -0.2) is 9.18 Å². The molecule has 1 aliphatic heterocycles. The number of carbonyl (C=O) groups excluding carboxylic acids is 1. The van der Waals surface area contributed by atoms with E-state index >= 15 is 0 Å². The Labute approximate surface area is 243 Å². The summed E-state index contributed by atoms with van der Waals surface area (Å²) in [4.78, 5) is 29.7. The van der Waals surface area contributed by atoms with Crippen LogP contribution in [0.5, 0.6) is 11.5 Å². The van der Waals surface area contributed by atoms with E-state index in [1.165, 1.54) is 19.2 Å². The van der Waals surface area contributed by atoms with Crippen LogP contribution in [0.1, 0.15) is 31.8 Å². The molecule has 0 aromatic heterocycles. The van der Waals surface area contributed by atoms with Crippen LogP contribution in [0, 0.1) is 5.82 Å². The summed E-state index contributed by atoms with van der Waals surface area (Å²) in [6.45, 7) is 2.58. The zero-order chi connectivity index (χ0) is 29.5. The molecule has 0 aliphatic carbocycles. The lowest BCUT2D eigenvalue weighted by Gasteiger charge is -2.31. The molecular formula is C33H31FN2O6. The van der Waals surface area contributed by atoms with E-state index in [1.54, 1.807) is 71.6 Å². The molecule has 42 heavy (non-hydrogen) atoms. The molecule has 216 valence electrons. The Morgan fingerprint density at radius 1 is 0.905 bits per heavy atom. The Hall–Kier alpha value is -4.89. The van der Waals surface area contributed by atoms with Crippen molar-refractivity contribution in [2.75, 3.05) is 43.2 Å². The van der Waals surface area contributed by atoms with Crippen molar-refractivity contribution in [1.82, 2.24) is 0 Å². The van der Waals surface area contributed by atoms with Crippen molar-refractivity contribution in [2.45, 2.75) is 13.2 Å². The smallest absolute Gasteiger partial charge is 0.337 e. The lowest BCUT2D eigenvalue weighted by molar-refractivity contribution is 0.0695. The molecule has 1 aliphatic rings. The van der Waals surface area contributed by atoms with Gasteiger partial charge in [0.05, 0.1) is 38.1 Å². The molecule has 0 spiro atoms. The monoisotopic (exact) mass is 570 g/mol. The van der Waals surface area contributed by atoms with Crippen LogP contribution in [-0.2, 0) is 17.9 Å². The average molecular weight is 571 g/mol. The average Bonchev–Trinajstić information content (AvgIpc) is 3.03. The standard InChI is InChI=1S/C33H31FN2O6/c1-40-31-19-24(9-14-30(31)42-22-23-7-10-26(34)11-8-23)21-36(32(37)25-5-3-2-4-6-25)27-12-13-29(28(20-27)33(38)39)35-15-17-41-18-16-35/h2-14,19-20H,15-18,21-22H2,1H3,(H,38,39). The Morgan fingerprint density at radius 2 is 1.62 bits per heavy atom. The molecule has 0 radical (unpaired) electrons. The fraction of sp³-hybridized carbons (Fsp3) is 0.212.